The predicted molar refractivity (Wildman–Crippen MR) is 87.7 cm³/mol. The number of carbonyl (C=O) groups excluding carboxylic acids is 1. The van der Waals surface area contributed by atoms with Crippen LogP contribution in [0.4, 0.5) is 31.5 Å². The molecule has 1 aromatic carbocycles. The Bertz CT molecular complexity index is 804. The van der Waals surface area contributed by atoms with Gasteiger partial charge in [0.1, 0.15) is 5.75 Å². The van der Waals surface area contributed by atoms with Gasteiger partial charge in [0.15, 0.2) is 5.13 Å². The Kier molecular flexibility index (Phi) is 5.78. The van der Waals surface area contributed by atoms with Crippen molar-refractivity contribution in [2.24, 2.45) is 0 Å². The van der Waals surface area contributed by atoms with Crippen LogP contribution in [0.15, 0.2) is 18.2 Å². The van der Waals surface area contributed by atoms with Crippen molar-refractivity contribution >= 4 is 32.6 Å². The number of aromatic nitrogens is 1. The number of benzene rings is 1. The lowest BCUT2D eigenvalue weighted by atomic mass is 10.1. The molecule has 5 nitrogen and oxygen atoms in total. The second-order valence-corrected chi connectivity index (χ2v) is 6.38. The van der Waals surface area contributed by atoms with Crippen molar-refractivity contribution in [3.05, 3.63) is 18.2 Å². The molecule has 1 aromatic heterocycles. The summed E-state index contributed by atoms with van der Waals surface area (Å²) in [6.45, 7) is 3.20. The van der Waals surface area contributed by atoms with Gasteiger partial charge in [0.25, 0.3) is 0 Å². The number of carbonyl (C=O) groups is 1. The SMILES string of the molecule is CCOc1ccc2nc(NC(NC(=O)CC)(C(F)(F)F)C(F)(F)F)sc2c1. The summed E-state index contributed by atoms with van der Waals surface area (Å²) < 4.78 is 86.2. The van der Waals surface area contributed by atoms with Crippen molar-refractivity contribution in [2.75, 3.05) is 11.9 Å². The Morgan fingerprint density at radius 2 is 1.78 bits per heavy atom. The van der Waals surface area contributed by atoms with Gasteiger partial charge < -0.3 is 15.4 Å². The predicted octanol–water partition coefficient (Wildman–Crippen LogP) is 4.45. The van der Waals surface area contributed by atoms with Crippen LogP contribution < -0.4 is 15.4 Å². The first-order valence-electron chi connectivity index (χ1n) is 7.69. The molecule has 0 aliphatic carbocycles. The zero-order valence-corrected chi connectivity index (χ0v) is 14.9. The molecule has 0 saturated heterocycles. The molecule has 0 atom stereocenters. The normalized spacial score (nSPS) is 12.9. The van der Waals surface area contributed by atoms with Crippen LogP contribution in [-0.2, 0) is 4.79 Å². The van der Waals surface area contributed by atoms with Crippen LogP contribution in [0.3, 0.4) is 0 Å². The van der Waals surface area contributed by atoms with Gasteiger partial charge in [0, 0.05) is 6.42 Å². The molecular weight excluding hydrogens is 400 g/mol. The van der Waals surface area contributed by atoms with Crippen LogP contribution in [0.5, 0.6) is 5.75 Å². The monoisotopic (exact) mass is 415 g/mol. The zero-order valence-electron chi connectivity index (χ0n) is 14.1. The number of rotatable bonds is 6. The fourth-order valence-corrected chi connectivity index (χ4v) is 3.10. The summed E-state index contributed by atoms with van der Waals surface area (Å²) in [6, 6.07) is 4.36. The number of fused-ring (bicyclic) bond motifs is 1. The lowest BCUT2D eigenvalue weighted by Gasteiger charge is -2.38. The molecule has 0 aliphatic heterocycles. The van der Waals surface area contributed by atoms with E-state index in [2.05, 4.69) is 4.98 Å². The third kappa shape index (κ3) is 4.20. The second kappa shape index (κ2) is 7.41. The van der Waals surface area contributed by atoms with Crippen molar-refractivity contribution in [3.8, 4) is 5.75 Å². The topological polar surface area (TPSA) is 63.2 Å². The largest absolute Gasteiger partial charge is 0.494 e. The minimum absolute atomic E-state index is 0.186. The molecule has 0 spiro atoms. The molecule has 2 aromatic rings. The van der Waals surface area contributed by atoms with Crippen molar-refractivity contribution in [1.82, 2.24) is 10.3 Å². The van der Waals surface area contributed by atoms with Gasteiger partial charge in [-0.1, -0.05) is 18.3 Å². The number of anilines is 1. The van der Waals surface area contributed by atoms with Crippen LogP contribution in [0.2, 0.25) is 0 Å². The lowest BCUT2D eigenvalue weighted by Crippen LogP contribution is -2.72. The average molecular weight is 415 g/mol. The van der Waals surface area contributed by atoms with E-state index >= 15 is 0 Å². The molecule has 0 bridgehead atoms. The summed E-state index contributed by atoms with van der Waals surface area (Å²) in [5, 5.41) is 1.74. The number of nitrogens with zero attached hydrogens (tertiary/aromatic N) is 1. The van der Waals surface area contributed by atoms with Crippen LogP contribution in [0.25, 0.3) is 10.2 Å². The minimum Gasteiger partial charge on any atom is -0.494 e. The van der Waals surface area contributed by atoms with E-state index in [-0.39, 0.29) is 5.52 Å². The van der Waals surface area contributed by atoms with Crippen molar-refractivity contribution in [2.45, 2.75) is 38.3 Å². The number of thiazole rings is 1. The van der Waals surface area contributed by atoms with E-state index in [1.54, 1.807) is 6.92 Å². The van der Waals surface area contributed by atoms with E-state index in [0.717, 1.165) is 12.2 Å². The van der Waals surface area contributed by atoms with E-state index < -0.39 is 35.5 Å². The van der Waals surface area contributed by atoms with Gasteiger partial charge in [-0.05, 0) is 25.1 Å². The van der Waals surface area contributed by atoms with E-state index in [0.29, 0.717) is 28.4 Å². The molecule has 0 fully saturated rings. The highest BCUT2D eigenvalue weighted by Gasteiger charge is 2.72. The molecule has 150 valence electrons. The van der Waals surface area contributed by atoms with Gasteiger partial charge in [-0.2, -0.15) is 26.3 Å². The van der Waals surface area contributed by atoms with Gasteiger partial charge in [-0.25, -0.2) is 4.98 Å². The minimum atomic E-state index is -5.87. The lowest BCUT2D eigenvalue weighted by molar-refractivity contribution is -0.295. The number of alkyl halides is 6. The summed E-state index contributed by atoms with van der Waals surface area (Å²) in [7, 11) is 0. The fraction of sp³-hybridized carbons (Fsp3) is 0.467. The summed E-state index contributed by atoms with van der Waals surface area (Å²) >= 11 is 0.578. The quantitative estimate of drug-likeness (QED) is 0.541. The van der Waals surface area contributed by atoms with E-state index in [1.165, 1.54) is 23.5 Å². The maximum atomic E-state index is 13.4. The number of ether oxygens (including phenoxy) is 1. The van der Waals surface area contributed by atoms with Gasteiger partial charge in [0.2, 0.25) is 5.91 Å². The molecule has 0 aliphatic rings. The summed E-state index contributed by atoms with van der Waals surface area (Å²) in [4.78, 5) is 15.2. The molecule has 2 rings (SSSR count). The fourth-order valence-electron chi connectivity index (χ4n) is 2.15. The zero-order chi connectivity index (χ0) is 20.5. The van der Waals surface area contributed by atoms with E-state index in [4.69, 9.17) is 4.74 Å². The number of nitrogens with one attached hydrogen (secondary N) is 2. The van der Waals surface area contributed by atoms with E-state index in [9.17, 15) is 31.1 Å². The van der Waals surface area contributed by atoms with Crippen molar-refractivity contribution in [3.63, 3.8) is 0 Å². The molecule has 27 heavy (non-hydrogen) atoms. The molecular formula is C15H15F6N3O2S. The van der Waals surface area contributed by atoms with Crippen LogP contribution in [0.1, 0.15) is 20.3 Å². The number of hydrogen-bond donors (Lipinski definition) is 2. The summed E-state index contributed by atoms with van der Waals surface area (Å²) in [6.07, 6.45) is -12.3. The van der Waals surface area contributed by atoms with Crippen molar-refractivity contribution in [1.29, 1.82) is 0 Å². The average Bonchev–Trinajstić information content (AvgIpc) is 2.93. The molecule has 1 amide bonds. The van der Waals surface area contributed by atoms with Gasteiger partial charge >= 0.3 is 18.0 Å². The first-order chi connectivity index (χ1) is 12.4. The maximum Gasteiger partial charge on any atom is 0.439 e. The number of halogens is 6. The highest BCUT2D eigenvalue weighted by molar-refractivity contribution is 7.22. The van der Waals surface area contributed by atoms with Crippen LogP contribution in [-0.4, -0.2) is 35.5 Å². The van der Waals surface area contributed by atoms with Gasteiger partial charge in [-0.15, -0.1) is 0 Å². The maximum absolute atomic E-state index is 13.4. The Balaban J connectivity index is 2.51. The standard InChI is InChI=1S/C15H15F6N3O2S/c1-3-11(25)23-13(14(16,17)18,15(19,20)21)24-12-22-9-6-5-8(26-4-2)7-10(9)27-12/h5-7H,3-4H2,1-2H3,(H,22,24)(H,23,25). The molecule has 0 saturated carbocycles. The molecule has 1 heterocycles. The Morgan fingerprint density at radius 3 is 2.30 bits per heavy atom. The molecule has 2 N–H and O–H groups in total. The highest BCUT2D eigenvalue weighted by Crippen LogP contribution is 2.44. The first kappa shape index (κ1) is 21.1. The van der Waals surface area contributed by atoms with Gasteiger partial charge in [-0.3, -0.25) is 4.79 Å². The Morgan fingerprint density at radius 1 is 1.15 bits per heavy atom. The van der Waals surface area contributed by atoms with Crippen LogP contribution >= 0.6 is 11.3 Å². The van der Waals surface area contributed by atoms with Gasteiger partial charge in [0.05, 0.1) is 16.8 Å². The number of amides is 1. The second-order valence-electron chi connectivity index (χ2n) is 5.35. The van der Waals surface area contributed by atoms with E-state index in [1.807, 2.05) is 0 Å². The Hall–Kier alpha value is -2.24. The van der Waals surface area contributed by atoms with Crippen molar-refractivity contribution < 1.29 is 35.9 Å². The summed E-state index contributed by atoms with van der Waals surface area (Å²) in [5.74, 6) is -1.02. The molecule has 0 unspecified atom stereocenters. The highest BCUT2D eigenvalue weighted by atomic mass is 32.1. The molecule has 12 heteroatoms. The van der Waals surface area contributed by atoms with Crippen LogP contribution in [0, 0.1) is 0 Å². The third-order valence-electron chi connectivity index (χ3n) is 3.46. The first-order valence-corrected chi connectivity index (χ1v) is 8.51. The smallest absolute Gasteiger partial charge is 0.439 e. The Labute approximate surface area is 153 Å². The molecule has 0 radical (unpaired) electrons. The summed E-state index contributed by atoms with van der Waals surface area (Å²) in [5.41, 5.74) is -4.48. The third-order valence-corrected chi connectivity index (χ3v) is 4.40. The number of hydrogen-bond acceptors (Lipinski definition) is 5.